The number of benzene rings is 2. The SMILES string of the molecule is COC(=O)c1nccnc1Nc1ccc(N2CCOCC2)c(C)c1-c1cccc2c1ncn2C. The first-order chi connectivity index (χ1) is 16.6. The van der Waals surface area contributed by atoms with Crippen molar-refractivity contribution in [2.24, 2.45) is 7.05 Å². The van der Waals surface area contributed by atoms with E-state index in [0.29, 0.717) is 19.0 Å². The molecule has 2 aromatic heterocycles. The van der Waals surface area contributed by atoms with E-state index in [0.717, 1.165) is 52.2 Å². The Kier molecular flexibility index (Phi) is 5.85. The number of nitrogens with zero attached hydrogens (tertiary/aromatic N) is 5. The van der Waals surface area contributed by atoms with Crippen LogP contribution in [-0.2, 0) is 16.5 Å². The molecule has 5 rings (SSSR count). The standard InChI is InChI=1S/C25H26N6O3/c1-16-19(31-11-13-34-14-12-31)8-7-18(29-24-23(25(32)33-3)26-9-10-27-24)21(16)17-5-4-6-20-22(17)28-15-30(20)2/h4-10,15H,11-14H2,1-3H3,(H,27,29). The number of hydrogen-bond donors (Lipinski definition) is 1. The quantitative estimate of drug-likeness (QED) is 0.453. The van der Waals surface area contributed by atoms with Crippen LogP contribution < -0.4 is 10.2 Å². The number of morpholine rings is 1. The number of carbonyl (C=O) groups is 1. The molecule has 1 saturated heterocycles. The van der Waals surface area contributed by atoms with Crippen LogP contribution >= 0.6 is 0 Å². The maximum Gasteiger partial charge on any atom is 0.360 e. The highest BCUT2D eigenvalue weighted by molar-refractivity contribution is 6.00. The second kappa shape index (κ2) is 9.11. The lowest BCUT2D eigenvalue weighted by atomic mass is 9.95. The lowest BCUT2D eigenvalue weighted by Gasteiger charge is -2.31. The van der Waals surface area contributed by atoms with Crippen molar-refractivity contribution < 1.29 is 14.3 Å². The molecule has 9 heteroatoms. The fourth-order valence-corrected chi connectivity index (χ4v) is 4.46. The molecule has 0 bridgehead atoms. The first-order valence-corrected chi connectivity index (χ1v) is 11.1. The van der Waals surface area contributed by atoms with Crippen LogP contribution in [0.1, 0.15) is 16.1 Å². The summed E-state index contributed by atoms with van der Waals surface area (Å²) in [6, 6.07) is 10.3. The van der Waals surface area contributed by atoms with E-state index >= 15 is 0 Å². The summed E-state index contributed by atoms with van der Waals surface area (Å²) in [7, 11) is 3.31. The van der Waals surface area contributed by atoms with Gasteiger partial charge in [0.15, 0.2) is 11.5 Å². The number of imidazole rings is 1. The molecule has 0 aliphatic carbocycles. The molecule has 1 N–H and O–H groups in total. The fourth-order valence-electron chi connectivity index (χ4n) is 4.46. The van der Waals surface area contributed by atoms with Gasteiger partial charge in [0, 0.05) is 55.0 Å². The second-order valence-electron chi connectivity index (χ2n) is 8.13. The van der Waals surface area contributed by atoms with Crippen molar-refractivity contribution in [3.8, 4) is 11.1 Å². The van der Waals surface area contributed by atoms with E-state index in [1.807, 2.05) is 30.1 Å². The van der Waals surface area contributed by atoms with Gasteiger partial charge in [-0.15, -0.1) is 0 Å². The minimum absolute atomic E-state index is 0.127. The Morgan fingerprint density at radius 2 is 1.88 bits per heavy atom. The summed E-state index contributed by atoms with van der Waals surface area (Å²) in [5.41, 5.74) is 7.11. The van der Waals surface area contributed by atoms with Crippen molar-refractivity contribution in [3.63, 3.8) is 0 Å². The zero-order chi connectivity index (χ0) is 23.7. The summed E-state index contributed by atoms with van der Waals surface area (Å²) in [6.45, 7) is 5.18. The molecule has 1 aliphatic rings. The molecule has 9 nitrogen and oxygen atoms in total. The van der Waals surface area contributed by atoms with Crippen LogP contribution in [0.25, 0.3) is 22.2 Å². The van der Waals surface area contributed by atoms with Gasteiger partial charge in [0.2, 0.25) is 0 Å². The molecule has 2 aromatic carbocycles. The van der Waals surface area contributed by atoms with Crippen molar-refractivity contribution in [2.75, 3.05) is 43.6 Å². The molecule has 0 radical (unpaired) electrons. The van der Waals surface area contributed by atoms with E-state index in [-0.39, 0.29) is 5.69 Å². The molecule has 0 unspecified atom stereocenters. The Morgan fingerprint density at radius 3 is 2.68 bits per heavy atom. The molecular weight excluding hydrogens is 432 g/mol. The van der Waals surface area contributed by atoms with Crippen molar-refractivity contribution in [2.45, 2.75) is 6.92 Å². The lowest BCUT2D eigenvalue weighted by Crippen LogP contribution is -2.36. The van der Waals surface area contributed by atoms with Gasteiger partial charge in [-0.2, -0.15) is 0 Å². The number of hydrogen-bond acceptors (Lipinski definition) is 8. The summed E-state index contributed by atoms with van der Waals surface area (Å²) < 4.78 is 12.5. The van der Waals surface area contributed by atoms with Crippen LogP contribution in [-0.4, -0.2) is 58.9 Å². The van der Waals surface area contributed by atoms with Crippen LogP contribution in [0.2, 0.25) is 0 Å². The molecule has 0 spiro atoms. The maximum absolute atomic E-state index is 12.3. The molecule has 1 aliphatic heterocycles. The third-order valence-electron chi connectivity index (χ3n) is 6.14. The summed E-state index contributed by atoms with van der Waals surface area (Å²) in [5, 5.41) is 3.35. The number of anilines is 3. The number of aromatic nitrogens is 4. The van der Waals surface area contributed by atoms with E-state index in [1.165, 1.54) is 13.3 Å². The molecular formula is C25H26N6O3. The predicted octanol–water partition coefficient (Wildman–Crippen LogP) is 3.71. The van der Waals surface area contributed by atoms with Gasteiger partial charge in [-0.1, -0.05) is 12.1 Å². The zero-order valence-corrected chi connectivity index (χ0v) is 19.4. The molecule has 0 atom stereocenters. The van der Waals surface area contributed by atoms with Crippen molar-refractivity contribution in [3.05, 3.63) is 60.3 Å². The molecule has 4 aromatic rings. The number of rotatable bonds is 5. The fraction of sp³-hybridized carbons (Fsp3) is 0.280. The Hall–Kier alpha value is -3.98. The number of methoxy groups -OCH3 is 1. The average Bonchev–Trinajstić information content (AvgIpc) is 3.26. The zero-order valence-electron chi connectivity index (χ0n) is 19.4. The molecule has 174 valence electrons. The summed E-state index contributed by atoms with van der Waals surface area (Å²) in [6.07, 6.45) is 4.84. The smallest absolute Gasteiger partial charge is 0.360 e. The number of aryl methyl sites for hydroxylation is 1. The largest absolute Gasteiger partial charge is 0.464 e. The van der Waals surface area contributed by atoms with Gasteiger partial charge in [-0.25, -0.2) is 19.7 Å². The Bertz CT molecular complexity index is 1360. The minimum Gasteiger partial charge on any atom is -0.464 e. The van der Waals surface area contributed by atoms with E-state index < -0.39 is 5.97 Å². The van der Waals surface area contributed by atoms with Gasteiger partial charge in [-0.05, 0) is 30.7 Å². The second-order valence-corrected chi connectivity index (χ2v) is 8.13. The van der Waals surface area contributed by atoms with Crippen molar-refractivity contribution in [1.82, 2.24) is 19.5 Å². The third kappa shape index (κ3) is 3.84. The number of para-hydroxylation sites is 1. The first-order valence-electron chi connectivity index (χ1n) is 11.1. The number of ether oxygens (including phenoxy) is 2. The van der Waals surface area contributed by atoms with E-state index in [1.54, 1.807) is 6.20 Å². The molecule has 0 saturated carbocycles. The molecule has 0 amide bonds. The summed E-state index contributed by atoms with van der Waals surface area (Å²) >= 11 is 0. The van der Waals surface area contributed by atoms with Crippen LogP contribution in [0.5, 0.6) is 0 Å². The summed E-state index contributed by atoms with van der Waals surface area (Å²) in [5.74, 6) is -0.215. The summed E-state index contributed by atoms with van der Waals surface area (Å²) in [4.78, 5) is 27.9. The van der Waals surface area contributed by atoms with Crippen LogP contribution in [0.3, 0.4) is 0 Å². The Morgan fingerprint density at radius 1 is 1.09 bits per heavy atom. The van der Waals surface area contributed by atoms with Gasteiger partial charge in [0.1, 0.15) is 0 Å². The van der Waals surface area contributed by atoms with E-state index in [4.69, 9.17) is 9.47 Å². The maximum atomic E-state index is 12.3. The lowest BCUT2D eigenvalue weighted by molar-refractivity contribution is 0.0595. The van der Waals surface area contributed by atoms with Gasteiger partial charge in [0.25, 0.3) is 0 Å². The van der Waals surface area contributed by atoms with E-state index in [2.05, 4.69) is 50.3 Å². The van der Waals surface area contributed by atoms with Crippen LogP contribution in [0.15, 0.2) is 49.1 Å². The van der Waals surface area contributed by atoms with Crippen LogP contribution in [0, 0.1) is 6.92 Å². The topological polar surface area (TPSA) is 94.4 Å². The number of carbonyl (C=O) groups excluding carboxylic acids is 1. The third-order valence-corrected chi connectivity index (χ3v) is 6.14. The predicted molar refractivity (Wildman–Crippen MR) is 131 cm³/mol. The Labute approximate surface area is 197 Å². The number of nitrogens with one attached hydrogen (secondary N) is 1. The van der Waals surface area contributed by atoms with E-state index in [9.17, 15) is 4.79 Å². The van der Waals surface area contributed by atoms with Gasteiger partial charge < -0.3 is 24.3 Å². The number of fused-ring (bicyclic) bond motifs is 1. The highest BCUT2D eigenvalue weighted by Crippen LogP contribution is 2.41. The van der Waals surface area contributed by atoms with Crippen molar-refractivity contribution >= 4 is 34.2 Å². The molecule has 34 heavy (non-hydrogen) atoms. The van der Waals surface area contributed by atoms with Crippen LogP contribution in [0.4, 0.5) is 17.2 Å². The van der Waals surface area contributed by atoms with Crippen molar-refractivity contribution in [1.29, 1.82) is 0 Å². The molecule has 3 heterocycles. The highest BCUT2D eigenvalue weighted by Gasteiger charge is 2.22. The van der Waals surface area contributed by atoms with Gasteiger partial charge >= 0.3 is 5.97 Å². The first kappa shape index (κ1) is 21.8. The van der Waals surface area contributed by atoms with Gasteiger partial charge in [0.05, 0.1) is 37.7 Å². The van der Waals surface area contributed by atoms with Gasteiger partial charge in [-0.3, -0.25) is 0 Å². The highest BCUT2D eigenvalue weighted by atomic mass is 16.5. The average molecular weight is 459 g/mol. The normalized spacial score (nSPS) is 13.8. The monoisotopic (exact) mass is 458 g/mol. The number of esters is 1. The molecule has 1 fully saturated rings. The minimum atomic E-state index is -0.550. The Balaban J connectivity index is 1.70.